The predicted molar refractivity (Wildman–Crippen MR) is 95.5 cm³/mol. The second-order valence-corrected chi connectivity index (χ2v) is 6.21. The molecule has 4 nitrogen and oxygen atoms in total. The molecule has 0 saturated carbocycles. The van der Waals surface area contributed by atoms with Crippen LogP contribution in [0.15, 0.2) is 24.3 Å². The minimum absolute atomic E-state index is 0.107. The molecular weight excluding hydrogens is 328 g/mol. The van der Waals surface area contributed by atoms with Crippen molar-refractivity contribution in [3.8, 4) is 5.75 Å². The van der Waals surface area contributed by atoms with Gasteiger partial charge in [-0.1, -0.05) is 37.3 Å². The van der Waals surface area contributed by atoms with Crippen molar-refractivity contribution in [1.82, 2.24) is 0 Å². The van der Waals surface area contributed by atoms with Crippen LogP contribution >= 0.6 is 11.6 Å². The number of rotatable bonds is 12. The van der Waals surface area contributed by atoms with Gasteiger partial charge in [0.2, 0.25) is 0 Å². The molecule has 0 aromatic heterocycles. The highest BCUT2D eigenvalue weighted by Gasteiger charge is 2.23. The van der Waals surface area contributed by atoms with E-state index in [4.69, 9.17) is 21.1 Å². The molecule has 0 radical (unpaired) electrons. The van der Waals surface area contributed by atoms with Gasteiger partial charge in [-0.3, -0.25) is 9.59 Å². The van der Waals surface area contributed by atoms with Gasteiger partial charge in [0.15, 0.2) is 0 Å². The van der Waals surface area contributed by atoms with Crippen LogP contribution in [-0.4, -0.2) is 25.0 Å². The van der Waals surface area contributed by atoms with Crippen molar-refractivity contribution in [1.29, 1.82) is 0 Å². The maximum absolute atomic E-state index is 11.7. The van der Waals surface area contributed by atoms with Crippen LogP contribution in [0.3, 0.4) is 0 Å². The number of esters is 1. The van der Waals surface area contributed by atoms with E-state index in [-0.39, 0.29) is 11.8 Å². The number of ketones is 1. The van der Waals surface area contributed by atoms with Crippen molar-refractivity contribution in [3.05, 3.63) is 29.3 Å². The zero-order valence-corrected chi connectivity index (χ0v) is 15.3. The summed E-state index contributed by atoms with van der Waals surface area (Å²) < 4.78 is 10.6. The quantitative estimate of drug-likeness (QED) is 0.306. The standard InChI is InChI=1S/C19H27ClO4/c1-3-23-19(22)18(15(2)21)9-7-5-4-6-8-14-24-17-12-10-16(20)11-13-17/h10-13,18H,3-9,14H2,1-2H3. The zero-order valence-electron chi connectivity index (χ0n) is 14.6. The lowest BCUT2D eigenvalue weighted by Gasteiger charge is -2.12. The molecule has 1 atom stereocenters. The van der Waals surface area contributed by atoms with Crippen LogP contribution in [0.25, 0.3) is 0 Å². The van der Waals surface area contributed by atoms with Gasteiger partial charge in [-0.2, -0.15) is 0 Å². The van der Waals surface area contributed by atoms with Crippen molar-refractivity contribution in [2.45, 2.75) is 52.4 Å². The maximum Gasteiger partial charge on any atom is 0.316 e. The van der Waals surface area contributed by atoms with E-state index in [1.165, 1.54) is 6.92 Å². The fraction of sp³-hybridized carbons (Fsp3) is 0.579. The molecule has 1 aromatic rings. The van der Waals surface area contributed by atoms with Gasteiger partial charge in [-0.05, 0) is 51.0 Å². The van der Waals surface area contributed by atoms with Crippen molar-refractivity contribution >= 4 is 23.4 Å². The van der Waals surface area contributed by atoms with Gasteiger partial charge < -0.3 is 9.47 Å². The molecule has 0 aliphatic heterocycles. The Morgan fingerprint density at radius 2 is 1.67 bits per heavy atom. The van der Waals surface area contributed by atoms with Gasteiger partial charge >= 0.3 is 5.97 Å². The highest BCUT2D eigenvalue weighted by atomic mass is 35.5. The minimum atomic E-state index is -0.599. The molecule has 0 fully saturated rings. The van der Waals surface area contributed by atoms with Gasteiger partial charge in [0.25, 0.3) is 0 Å². The van der Waals surface area contributed by atoms with Gasteiger partial charge in [0.05, 0.1) is 13.2 Å². The first kappa shape index (κ1) is 20.5. The number of hydrogen-bond acceptors (Lipinski definition) is 4. The summed E-state index contributed by atoms with van der Waals surface area (Å²) in [7, 11) is 0. The molecule has 134 valence electrons. The van der Waals surface area contributed by atoms with E-state index in [1.54, 1.807) is 6.92 Å². The second kappa shape index (κ2) is 11.9. The molecule has 0 heterocycles. The summed E-state index contributed by atoms with van der Waals surface area (Å²) in [5.41, 5.74) is 0. The number of ether oxygens (including phenoxy) is 2. The Bertz CT molecular complexity index is 499. The third-order valence-corrected chi connectivity index (χ3v) is 4.03. The third-order valence-electron chi connectivity index (χ3n) is 3.78. The van der Waals surface area contributed by atoms with Crippen LogP contribution in [0.2, 0.25) is 5.02 Å². The van der Waals surface area contributed by atoms with E-state index < -0.39 is 5.92 Å². The van der Waals surface area contributed by atoms with Crippen LogP contribution in [0.1, 0.15) is 52.4 Å². The number of halogens is 1. The molecule has 0 amide bonds. The third kappa shape index (κ3) is 8.34. The van der Waals surface area contributed by atoms with Gasteiger partial charge in [0.1, 0.15) is 17.5 Å². The van der Waals surface area contributed by atoms with Crippen molar-refractivity contribution in [2.75, 3.05) is 13.2 Å². The van der Waals surface area contributed by atoms with Crippen LogP contribution in [-0.2, 0) is 14.3 Å². The first-order valence-corrected chi connectivity index (χ1v) is 8.97. The highest BCUT2D eigenvalue weighted by Crippen LogP contribution is 2.17. The fourth-order valence-corrected chi connectivity index (χ4v) is 2.56. The fourth-order valence-electron chi connectivity index (χ4n) is 2.43. The largest absolute Gasteiger partial charge is 0.494 e. The monoisotopic (exact) mass is 354 g/mol. The molecule has 1 rings (SSSR count). The predicted octanol–water partition coefficient (Wildman–Crippen LogP) is 4.83. The maximum atomic E-state index is 11.7. The summed E-state index contributed by atoms with van der Waals surface area (Å²) in [6.07, 6.45) is 5.56. The SMILES string of the molecule is CCOC(=O)C(CCCCCCCOc1ccc(Cl)cc1)C(C)=O. The molecule has 24 heavy (non-hydrogen) atoms. The van der Waals surface area contributed by atoms with Crippen molar-refractivity contribution < 1.29 is 19.1 Å². The van der Waals surface area contributed by atoms with Crippen molar-refractivity contribution in [2.24, 2.45) is 5.92 Å². The summed E-state index contributed by atoms with van der Waals surface area (Å²) in [6.45, 7) is 4.20. The number of carbonyl (C=O) groups is 2. The first-order chi connectivity index (χ1) is 11.5. The molecule has 0 aliphatic carbocycles. The Morgan fingerprint density at radius 1 is 1.04 bits per heavy atom. The van der Waals surface area contributed by atoms with Gasteiger partial charge in [-0.15, -0.1) is 0 Å². The topological polar surface area (TPSA) is 52.6 Å². The summed E-state index contributed by atoms with van der Waals surface area (Å²) in [4.78, 5) is 23.2. The molecule has 0 saturated heterocycles. The van der Waals surface area contributed by atoms with Crippen LogP contribution in [0, 0.1) is 5.92 Å². The highest BCUT2D eigenvalue weighted by molar-refractivity contribution is 6.30. The Hall–Kier alpha value is -1.55. The van der Waals surface area contributed by atoms with Crippen LogP contribution < -0.4 is 4.74 Å². The summed E-state index contributed by atoms with van der Waals surface area (Å²) in [5, 5.41) is 0.703. The molecule has 1 unspecified atom stereocenters. The van der Waals surface area contributed by atoms with E-state index >= 15 is 0 Å². The van der Waals surface area contributed by atoms with Crippen LogP contribution in [0.4, 0.5) is 0 Å². The Labute approximate surface area is 149 Å². The smallest absolute Gasteiger partial charge is 0.316 e. The summed E-state index contributed by atoms with van der Waals surface area (Å²) in [6, 6.07) is 7.34. The lowest BCUT2D eigenvalue weighted by Crippen LogP contribution is -2.24. The number of unbranched alkanes of at least 4 members (excludes halogenated alkanes) is 4. The zero-order chi connectivity index (χ0) is 17.8. The normalized spacial score (nSPS) is 11.8. The first-order valence-electron chi connectivity index (χ1n) is 8.60. The summed E-state index contributed by atoms with van der Waals surface area (Å²) in [5.74, 6) is -0.262. The molecule has 0 bridgehead atoms. The number of hydrogen-bond donors (Lipinski definition) is 0. The van der Waals surface area contributed by atoms with Crippen molar-refractivity contribution in [3.63, 3.8) is 0 Å². The second-order valence-electron chi connectivity index (χ2n) is 5.77. The molecule has 0 spiro atoms. The molecule has 5 heteroatoms. The Morgan fingerprint density at radius 3 is 2.29 bits per heavy atom. The van der Waals surface area contributed by atoms with E-state index in [9.17, 15) is 9.59 Å². The molecule has 0 N–H and O–H groups in total. The van der Waals surface area contributed by atoms with E-state index in [2.05, 4.69) is 0 Å². The van der Waals surface area contributed by atoms with E-state index in [0.717, 1.165) is 37.9 Å². The summed E-state index contributed by atoms with van der Waals surface area (Å²) >= 11 is 5.82. The van der Waals surface area contributed by atoms with Gasteiger partial charge in [-0.25, -0.2) is 0 Å². The Kier molecular flexibility index (Phi) is 10.2. The van der Waals surface area contributed by atoms with Gasteiger partial charge in [0, 0.05) is 5.02 Å². The van der Waals surface area contributed by atoms with E-state index in [0.29, 0.717) is 24.7 Å². The average Bonchev–Trinajstić information content (AvgIpc) is 2.54. The number of Topliss-reactive ketones (excluding diaryl/α,β-unsaturated/α-hetero) is 1. The lowest BCUT2D eigenvalue weighted by molar-refractivity contribution is -0.151. The number of carbonyl (C=O) groups excluding carboxylic acids is 2. The molecule has 0 aliphatic rings. The lowest BCUT2D eigenvalue weighted by atomic mass is 9.97. The van der Waals surface area contributed by atoms with Crippen LogP contribution in [0.5, 0.6) is 5.75 Å². The average molecular weight is 355 g/mol. The molecule has 1 aromatic carbocycles. The number of benzene rings is 1. The molecular formula is C19H27ClO4. The Balaban J connectivity index is 2.07. The minimum Gasteiger partial charge on any atom is -0.494 e. The van der Waals surface area contributed by atoms with E-state index in [1.807, 2.05) is 24.3 Å².